The lowest BCUT2D eigenvalue weighted by atomic mass is 10.1. The molecule has 0 atom stereocenters. The number of carbonyl (C=O) groups excluding carboxylic acids is 1. The number of aryl methyl sites for hydroxylation is 1. The molecular weight excluding hydrogens is 386 g/mol. The number of thiazole rings is 1. The molecule has 140 valence electrons. The van der Waals surface area contributed by atoms with Gasteiger partial charge in [-0.1, -0.05) is 23.9 Å². The fraction of sp³-hybridized carbons (Fsp3) is 0.200. The third-order valence-corrected chi connectivity index (χ3v) is 6.01. The Balaban J connectivity index is 1.48. The van der Waals surface area contributed by atoms with Gasteiger partial charge in [-0.05, 0) is 48.7 Å². The van der Waals surface area contributed by atoms with Gasteiger partial charge in [-0.2, -0.15) is 0 Å². The molecule has 0 unspecified atom stereocenters. The van der Waals surface area contributed by atoms with Crippen LogP contribution in [0.2, 0.25) is 0 Å². The minimum Gasteiger partial charge on any atom is -0.352 e. The minimum atomic E-state index is -0.613. The average molecular weight is 405 g/mol. The lowest BCUT2D eigenvalue weighted by molar-refractivity contribution is 0.0954. The SMILES string of the molecule is Cc1csc(SCc2ccc(C(=O)NCCc3cc(F)cc(F)c3)cc2)n1. The van der Waals surface area contributed by atoms with Crippen molar-refractivity contribution in [1.82, 2.24) is 10.3 Å². The molecule has 0 aliphatic heterocycles. The van der Waals surface area contributed by atoms with Crippen molar-refractivity contribution in [2.45, 2.75) is 23.4 Å². The lowest BCUT2D eigenvalue weighted by Gasteiger charge is -2.07. The van der Waals surface area contributed by atoms with Gasteiger partial charge < -0.3 is 5.32 Å². The van der Waals surface area contributed by atoms with Crippen molar-refractivity contribution in [1.29, 1.82) is 0 Å². The summed E-state index contributed by atoms with van der Waals surface area (Å²) in [7, 11) is 0. The molecule has 7 heteroatoms. The molecule has 1 N–H and O–H groups in total. The molecule has 3 aromatic rings. The van der Waals surface area contributed by atoms with Crippen LogP contribution in [0.15, 0.2) is 52.2 Å². The first kappa shape index (κ1) is 19.5. The Bertz CT molecular complexity index is 906. The second-order valence-electron chi connectivity index (χ2n) is 6.02. The van der Waals surface area contributed by atoms with Crippen LogP contribution in [-0.4, -0.2) is 17.4 Å². The van der Waals surface area contributed by atoms with Crippen molar-refractivity contribution in [2.75, 3.05) is 6.54 Å². The maximum absolute atomic E-state index is 13.2. The molecule has 2 aromatic carbocycles. The van der Waals surface area contributed by atoms with Gasteiger partial charge in [0.25, 0.3) is 5.91 Å². The van der Waals surface area contributed by atoms with Gasteiger partial charge in [0, 0.05) is 35.0 Å². The quantitative estimate of drug-likeness (QED) is 0.564. The summed E-state index contributed by atoms with van der Waals surface area (Å²) in [5.74, 6) is -0.642. The average Bonchev–Trinajstić information content (AvgIpc) is 3.05. The summed E-state index contributed by atoms with van der Waals surface area (Å²) in [6.07, 6.45) is 0.363. The molecule has 0 spiro atoms. The van der Waals surface area contributed by atoms with Gasteiger partial charge in [0.1, 0.15) is 16.0 Å². The summed E-state index contributed by atoms with van der Waals surface area (Å²) in [6, 6.07) is 10.8. The molecule has 0 aliphatic carbocycles. The summed E-state index contributed by atoms with van der Waals surface area (Å²) >= 11 is 3.29. The van der Waals surface area contributed by atoms with Gasteiger partial charge in [-0.3, -0.25) is 4.79 Å². The number of benzene rings is 2. The standard InChI is InChI=1S/C20H18F2N2OS2/c1-13-11-26-20(24-13)27-12-14-2-4-16(5-3-14)19(25)23-7-6-15-8-17(21)10-18(22)9-15/h2-5,8-11H,6-7,12H2,1H3,(H,23,25). The summed E-state index contributed by atoms with van der Waals surface area (Å²) < 4.78 is 27.3. The van der Waals surface area contributed by atoms with E-state index < -0.39 is 11.6 Å². The van der Waals surface area contributed by atoms with Gasteiger partial charge in [0.15, 0.2) is 0 Å². The van der Waals surface area contributed by atoms with Crippen molar-refractivity contribution in [2.24, 2.45) is 0 Å². The third-order valence-electron chi connectivity index (χ3n) is 3.80. The maximum atomic E-state index is 13.2. The number of nitrogens with zero attached hydrogens (tertiary/aromatic N) is 1. The highest BCUT2D eigenvalue weighted by Gasteiger charge is 2.07. The summed E-state index contributed by atoms with van der Waals surface area (Å²) in [5.41, 5.74) is 3.20. The highest BCUT2D eigenvalue weighted by molar-refractivity contribution is 8.00. The molecule has 0 saturated heterocycles. The first-order valence-electron chi connectivity index (χ1n) is 8.36. The van der Waals surface area contributed by atoms with Gasteiger partial charge in [0.2, 0.25) is 0 Å². The van der Waals surface area contributed by atoms with Crippen LogP contribution in [0, 0.1) is 18.6 Å². The van der Waals surface area contributed by atoms with Crippen LogP contribution in [-0.2, 0) is 12.2 Å². The Hall–Kier alpha value is -2.25. The van der Waals surface area contributed by atoms with Crippen molar-refractivity contribution >= 4 is 29.0 Å². The highest BCUT2D eigenvalue weighted by Crippen LogP contribution is 2.26. The fourth-order valence-corrected chi connectivity index (χ4v) is 4.28. The summed E-state index contributed by atoms with van der Waals surface area (Å²) in [5, 5.41) is 4.79. The normalized spacial score (nSPS) is 10.8. The van der Waals surface area contributed by atoms with E-state index in [4.69, 9.17) is 0 Å². The predicted molar refractivity (Wildman–Crippen MR) is 105 cm³/mol. The van der Waals surface area contributed by atoms with E-state index >= 15 is 0 Å². The molecule has 3 rings (SSSR count). The monoisotopic (exact) mass is 404 g/mol. The van der Waals surface area contributed by atoms with Crippen LogP contribution in [0.5, 0.6) is 0 Å². The van der Waals surface area contributed by atoms with Gasteiger partial charge >= 0.3 is 0 Å². The molecule has 0 aliphatic rings. The number of hydrogen-bond donors (Lipinski definition) is 1. The van der Waals surface area contributed by atoms with Gasteiger partial charge in [-0.25, -0.2) is 13.8 Å². The number of halogens is 2. The van der Waals surface area contributed by atoms with Gasteiger partial charge in [-0.15, -0.1) is 11.3 Å². The topological polar surface area (TPSA) is 42.0 Å². The van der Waals surface area contributed by atoms with E-state index in [2.05, 4.69) is 10.3 Å². The molecule has 1 heterocycles. The second kappa shape index (κ2) is 9.10. The Morgan fingerprint density at radius 1 is 1.11 bits per heavy atom. The van der Waals surface area contributed by atoms with Crippen molar-refractivity contribution in [3.8, 4) is 0 Å². The van der Waals surface area contributed by atoms with Crippen molar-refractivity contribution < 1.29 is 13.6 Å². The Kier molecular flexibility index (Phi) is 6.58. The summed E-state index contributed by atoms with van der Waals surface area (Å²) in [4.78, 5) is 16.6. The van der Waals surface area contributed by atoms with Gasteiger partial charge in [0.05, 0.1) is 0 Å². The number of thioether (sulfide) groups is 1. The van der Waals surface area contributed by atoms with E-state index in [1.807, 2.05) is 24.4 Å². The fourth-order valence-electron chi connectivity index (χ4n) is 2.47. The third kappa shape index (κ3) is 5.87. The van der Waals surface area contributed by atoms with Crippen LogP contribution >= 0.6 is 23.1 Å². The summed E-state index contributed by atoms with van der Waals surface area (Å²) in [6.45, 7) is 2.28. The molecule has 0 radical (unpaired) electrons. The largest absolute Gasteiger partial charge is 0.352 e. The van der Waals surface area contributed by atoms with Crippen LogP contribution in [0.3, 0.4) is 0 Å². The Labute approximate surface area is 164 Å². The first-order valence-corrected chi connectivity index (χ1v) is 10.2. The highest BCUT2D eigenvalue weighted by atomic mass is 32.2. The zero-order chi connectivity index (χ0) is 19.2. The van der Waals surface area contributed by atoms with Crippen LogP contribution in [0.1, 0.15) is 27.2 Å². The van der Waals surface area contributed by atoms with Crippen LogP contribution < -0.4 is 5.32 Å². The smallest absolute Gasteiger partial charge is 0.251 e. The number of amides is 1. The van der Waals surface area contributed by atoms with Crippen molar-refractivity contribution in [3.63, 3.8) is 0 Å². The molecule has 1 aromatic heterocycles. The molecule has 27 heavy (non-hydrogen) atoms. The second-order valence-corrected chi connectivity index (χ2v) is 8.10. The Morgan fingerprint density at radius 3 is 2.44 bits per heavy atom. The number of rotatable bonds is 7. The zero-order valence-corrected chi connectivity index (χ0v) is 16.3. The Morgan fingerprint density at radius 2 is 1.81 bits per heavy atom. The first-order chi connectivity index (χ1) is 13.0. The predicted octanol–water partition coefficient (Wildman–Crippen LogP) is 4.99. The van der Waals surface area contributed by atoms with E-state index in [0.29, 0.717) is 24.1 Å². The minimum absolute atomic E-state index is 0.207. The molecule has 1 amide bonds. The van der Waals surface area contributed by atoms with Crippen LogP contribution in [0.25, 0.3) is 0 Å². The maximum Gasteiger partial charge on any atom is 0.251 e. The molecule has 3 nitrogen and oxygen atoms in total. The molecule has 0 saturated carbocycles. The van der Waals surface area contributed by atoms with E-state index in [0.717, 1.165) is 27.4 Å². The molecule has 0 fully saturated rings. The van der Waals surface area contributed by atoms with E-state index in [1.165, 1.54) is 12.1 Å². The van der Waals surface area contributed by atoms with Crippen molar-refractivity contribution in [3.05, 3.63) is 81.9 Å². The number of hydrogen-bond acceptors (Lipinski definition) is 4. The molecular formula is C20H18F2N2OS2. The molecule has 0 bridgehead atoms. The zero-order valence-electron chi connectivity index (χ0n) is 14.7. The van der Waals surface area contributed by atoms with E-state index in [-0.39, 0.29) is 5.91 Å². The van der Waals surface area contributed by atoms with E-state index in [9.17, 15) is 13.6 Å². The number of aromatic nitrogens is 1. The van der Waals surface area contributed by atoms with Crippen LogP contribution in [0.4, 0.5) is 8.78 Å². The number of carbonyl (C=O) groups is 1. The van der Waals surface area contributed by atoms with E-state index in [1.54, 1.807) is 35.2 Å². The lowest BCUT2D eigenvalue weighted by Crippen LogP contribution is -2.25. The number of nitrogens with one attached hydrogen (secondary N) is 1.